The Kier molecular flexibility index (Phi) is 3.50. The van der Waals surface area contributed by atoms with Gasteiger partial charge in [0.25, 0.3) is 0 Å². The lowest BCUT2D eigenvalue weighted by atomic mass is 10.2. The van der Waals surface area contributed by atoms with Crippen LogP contribution in [0.15, 0.2) is 12.1 Å². The van der Waals surface area contributed by atoms with Gasteiger partial charge in [0.2, 0.25) is 0 Å². The van der Waals surface area contributed by atoms with Crippen molar-refractivity contribution in [2.45, 2.75) is 20.4 Å². The minimum absolute atomic E-state index is 0.227. The molecule has 0 saturated carbocycles. The van der Waals surface area contributed by atoms with Crippen molar-refractivity contribution in [3.8, 4) is 0 Å². The van der Waals surface area contributed by atoms with Gasteiger partial charge in [-0.25, -0.2) is 13.2 Å². The van der Waals surface area contributed by atoms with E-state index in [1.54, 1.807) is 11.7 Å². The Balaban J connectivity index is 2.24. The van der Waals surface area contributed by atoms with Crippen molar-refractivity contribution < 1.29 is 13.2 Å². The lowest BCUT2D eigenvalue weighted by Crippen LogP contribution is -2.06. The van der Waals surface area contributed by atoms with Crippen molar-refractivity contribution in [3.05, 3.63) is 46.5 Å². The first-order valence-corrected chi connectivity index (χ1v) is 5.77. The third-order valence-electron chi connectivity index (χ3n) is 3.11. The Bertz CT molecular complexity index is 597. The van der Waals surface area contributed by atoms with Crippen LogP contribution >= 0.6 is 0 Å². The molecule has 102 valence electrons. The summed E-state index contributed by atoms with van der Waals surface area (Å²) in [5.74, 6) is -2.83. The smallest absolute Gasteiger partial charge is 0.152 e. The number of aryl methyl sites for hydroxylation is 2. The fraction of sp³-hybridized carbons (Fsp3) is 0.308. The van der Waals surface area contributed by atoms with Gasteiger partial charge in [-0.05, 0) is 13.8 Å². The van der Waals surface area contributed by atoms with Gasteiger partial charge < -0.3 is 5.32 Å². The van der Waals surface area contributed by atoms with Gasteiger partial charge in [0.05, 0.1) is 5.69 Å². The minimum Gasteiger partial charge on any atom is -0.376 e. The highest BCUT2D eigenvalue weighted by molar-refractivity contribution is 5.47. The summed E-state index contributed by atoms with van der Waals surface area (Å²) in [6.45, 7) is 3.92. The molecule has 2 rings (SSSR count). The number of nitrogens with one attached hydrogen (secondary N) is 1. The molecule has 2 aromatic rings. The Hall–Kier alpha value is -1.98. The number of rotatable bonds is 3. The summed E-state index contributed by atoms with van der Waals surface area (Å²) in [6, 6.07) is 1.29. The van der Waals surface area contributed by atoms with Crippen LogP contribution in [0.5, 0.6) is 0 Å². The van der Waals surface area contributed by atoms with E-state index in [1.807, 2.05) is 13.8 Å². The number of hydrogen-bond acceptors (Lipinski definition) is 2. The van der Waals surface area contributed by atoms with Gasteiger partial charge >= 0.3 is 0 Å². The molecule has 0 atom stereocenters. The standard InChI is InChI=1S/C13H14F3N3/c1-7-10(8(2)19(3)18-7)6-17-13-11(15)4-9(14)5-12(13)16/h4-5,17H,6H2,1-3H3. The van der Waals surface area contributed by atoms with Crippen LogP contribution in [0.25, 0.3) is 0 Å². The molecule has 3 nitrogen and oxygen atoms in total. The Morgan fingerprint density at radius 3 is 2.21 bits per heavy atom. The predicted octanol–water partition coefficient (Wildman–Crippen LogP) is 3.07. The second kappa shape index (κ2) is 4.95. The zero-order valence-electron chi connectivity index (χ0n) is 10.9. The van der Waals surface area contributed by atoms with E-state index in [1.165, 1.54) is 0 Å². The van der Waals surface area contributed by atoms with E-state index in [2.05, 4.69) is 10.4 Å². The first-order chi connectivity index (χ1) is 8.90. The van der Waals surface area contributed by atoms with Crippen molar-refractivity contribution in [1.82, 2.24) is 9.78 Å². The van der Waals surface area contributed by atoms with Crippen LogP contribution in [-0.4, -0.2) is 9.78 Å². The van der Waals surface area contributed by atoms with Gasteiger partial charge in [0.15, 0.2) is 11.6 Å². The fourth-order valence-corrected chi connectivity index (χ4v) is 1.96. The quantitative estimate of drug-likeness (QED) is 0.928. The summed E-state index contributed by atoms with van der Waals surface area (Å²) in [6.07, 6.45) is 0. The second-order valence-electron chi connectivity index (χ2n) is 4.37. The van der Waals surface area contributed by atoms with E-state index in [9.17, 15) is 13.2 Å². The highest BCUT2D eigenvalue weighted by Crippen LogP contribution is 2.22. The lowest BCUT2D eigenvalue weighted by molar-refractivity contribution is 0.547. The monoisotopic (exact) mass is 269 g/mol. The molecule has 1 N–H and O–H groups in total. The van der Waals surface area contributed by atoms with Crippen molar-refractivity contribution in [2.24, 2.45) is 7.05 Å². The Labute approximate surface area is 109 Å². The molecule has 0 aliphatic heterocycles. The summed E-state index contributed by atoms with van der Waals surface area (Å²) in [4.78, 5) is 0. The van der Waals surface area contributed by atoms with Gasteiger partial charge in [-0.1, -0.05) is 0 Å². The maximum absolute atomic E-state index is 13.5. The molecule has 19 heavy (non-hydrogen) atoms. The van der Waals surface area contributed by atoms with Crippen LogP contribution in [0.4, 0.5) is 18.9 Å². The van der Waals surface area contributed by atoms with Crippen LogP contribution in [0.2, 0.25) is 0 Å². The third kappa shape index (κ3) is 2.57. The summed E-state index contributed by atoms with van der Waals surface area (Å²) >= 11 is 0. The molecule has 0 bridgehead atoms. The van der Waals surface area contributed by atoms with Crippen LogP contribution in [-0.2, 0) is 13.6 Å². The van der Waals surface area contributed by atoms with Gasteiger partial charge in [0, 0.05) is 37.0 Å². The molecule has 0 aliphatic carbocycles. The van der Waals surface area contributed by atoms with Crippen molar-refractivity contribution >= 4 is 5.69 Å². The molecular weight excluding hydrogens is 255 g/mol. The van der Waals surface area contributed by atoms with E-state index in [-0.39, 0.29) is 12.2 Å². The van der Waals surface area contributed by atoms with Crippen molar-refractivity contribution in [1.29, 1.82) is 0 Å². The molecule has 1 aromatic carbocycles. The van der Waals surface area contributed by atoms with E-state index in [0.717, 1.165) is 17.0 Å². The van der Waals surface area contributed by atoms with Crippen LogP contribution < -0.4 is 5.32 Å². The van der Waals surface area contributed by atoms with Crippen LogP contribution in [0.3, 0.4) is 0 Å². The maximum Gasteiger partial charge on any atom is 0.152 e. The summed E-state index contributed by atoms with van der Waals surface area (Å²) in [5.41, 5.74) is 2.23. The Morgan fingerprint density at radius 2 is 1.74 bits per heavy atom. The summed E-state index contributed by atoms with van der Waals surface area (Å²) in [5, 5.41) is 6.86. The number of anilines is 1. The highest BCUT2D eigenvalue weighted by Gasteiger charge is 2.14. The predicted molar refractivity (Wildman–Crippen MR) is 66.3 cm³/mol. The van der Waals surface area contributed by atoms with E-state index in [4.69, 9.17) is 0 Å². The molecular formula is C13H14F3N3. The minimum atomic E-state index is -0.948. The average molecular weight is 269 g/mol. The van der Waals surface area contributed by atoms with Gasteiger partial charge in [-0.15, -0.1) is 0 Å². The number of aromatic nitrogens is 2. The molecule has 1 heterocycles. The molecule has 0 spiro atoms. The van der Waals surface area contributed by atoms with Crippen LogP contribution in [0, 0.1) is 31.3 Å². The van der Waals surface area contributed by atoms with E-state index >= 15 is 0 Å². The van der Waals surface area contributed by atoms with Crippen molar-refractivity contribution in [3.63, 3.8) is 0 Å². The highest BCUT2D eigenvalue weighted by atomic mass is 19.1. The zero-order valence-corrected chi connectivity index (χ0v) is 10.9. The lowest BCUT2D eigenvalue weighted by Gasteiger charge is -2.09. The van der Waals surface area contributed by atoms with Gasteiger partial charge in [0.1, 0.15) is 11.5 Å². The van der Waals surface area contributed by atoms with Gasteiger partial charge in [-0.2, -0.15) is 5.10 Å². The Morgan fingerprint density at radius 1 is 1.16 bits per heavy atom. The third-order valence-corrected chi connectivity index (χ3v) is 3.11. The number of halogens is 3. The SMILES string of the molecule is Cc1nn(C)c(C)c1CNc1c(F)cc(F)cc1F. The van der Waals surface area contributed by atoms with E-state index in [0.29, 0.717) is 12.1 Å². The van der Waals surface area contributed by atoms with E-state index < -0.39 is 17.5 Å². The fourth-order valence-electron chi connectivity index (χ4n) is 1.96. The van der Waals surface area contributed by atoms with Crippen LogP contribution in [0.1, 0.15) is 17.0 Å². The largest absolute Gasteiger partial charge is 0.376 e. The molecule has 0 unspecified atom stereocenters. The molecule has 0 aliphatic rings. The molecule has 0 amide bonds. The first kappa shape index (κ1) is 13.5. The topological polar surface area (TPSA) is 29.9 Å². The average Bonchev–Trinajstić information content (AvgIpc) is 2.53. The van der Waals surface area contributed by atoms with Gasteiger partial charge in [-0.3, -0.25) is 4.68 Å². The van der Waals surface area contributed by atoms with Crippen molar-refractivity contribution in [2.75, 3.05) is 5.32 Å². The number of nitrogens with zero attached hydrogens (tertiary/aromatic N) is 2. The maximum atomic E-state index is 13.5. The second-order valence-corrected chi connectivity index (χ2v) is 4.37. The molecule has 0 fully saturated rings. The normalized spacial score (nSPS) is 10.8. The number of hydrogen-bond donors (Lipinski definition) is 1. The zero-order chi connectivity index (χ0) is 14.2. The first-order valence-electron chi connectivity index (χ1n) is 5.77. The molecule has 6 heteroatoms. The summed E-state index contributed by atoms with van der Waals surface area (Å²) in [7, 11) is 1.80. The molecule has 0 saturated heterocycles. The molecule has 0 radical (unpaired) electrons. The number of benzene rings is 1. The summed E-state index contributed by atoms with van der Waals surface area (Å²) < 4.78 is 41.4. The molecule has 1 aromatic heterocycles.